The van der Waals surface area contributed by atoms with Crippen molar-refractivity contribution in [2.75, 3.05) is 0 Å². The van der Waals surface area contributed by atoms with Crippen LogP contribution in [0.2, 0.25) is 0 Å². The second kappa shape index (κ2) is 6.78. The Morgan fingerprint density at radius 3 is 1.76 bits per heavy atom. The maximum absolute atomic E-state index is 2.27. The molecule has 0 radical (unpaired) electrons. The van der Waals surface area contributed by atoms with Crippen LogP contribution in [0.15, 0.2) is 78.9 Å². The van der Waals surface area contributed by atoms with Crippen LogP contribution in [-0.2, 0) is 12.8 Å². The molecule has 0 nitrogen and oxygen atoms in total. The maximum atomic E-state index is 2.27. The van der Waals surface area contributed by atoms with E-state index in [9.17, 15) is 0 Å². The van der Waals surface area contributed by atoms with Crippen LogP contribution in [0, 0.1) is 0 Å². The van der Waals surface area contributed by atoms with Gasteiger partial charge in [0.05, 0.1) is 0 Å². The van der Waals surface area contributed by atoms with Crippen molar-refractivity contribution in [1.29, 1.82) is 0 Å². The molecule has 0 aliphatic carbocycles. The SMILES string of the molecule is [AsH2]c1cccc(Cc2ccccc2)c1Cc1ccccc1. The molecule has 1 unspecified atom stereocenters. The van der Waals surface area contributed by atoms with E-state index in [1.54, 1.807) is 16.9 Å². The van der Waals surface area contributed by atoms with Gasteiger partial charge in [0.25, 0.3) is 0 Å². The molecule has 0 heterocycles. The first-order chi connectivity index (χ1) is 10.3. The summed E-state index contributed by atoms with van der Waals surface area (Å²) in [5.41, 5.74) is 5.71. The van der Waals surface area contributed by atoms with Gasteiger partial charge in [0.1, 0.15) is 0 Å². The van der Waals surface area contributed by atoms with Gasteiger partial charge in [0, 0.05) is 0 Å². The molecule has 0 amide bonds. The van der Waals surface area contributed by atoms with E-state index in [0.29, 0.717) is 0 Å². The van der Waals surface area contributed by atoms with Crippen molar-refractivity contribution in [2.45, 2.75) is 12.8 Å². The number of rotatable bonds is 4. The molecule has 0 N–H and O–H groups in total. The van der Waals surface area contributed by atoms with E-state index in [0.717, 1.165) is 12.8 Å². The Balaban J connectivity index is 1.92. The molecule has 0 aliphatic heterocycles. The first-order valence-corrected chi connectivity index (χ1v) is 8.48. The van der Waals surface area contributed by atoms with Crippen LogP contribution >= 0.6 is 0 Å². The van der Waals surface area contributed by atoms with Crippen LogP contribution in [-0.4, -0.2) is 16.9 Å². The third-order valence-corrected chi connectivity index (χ3v) is 4.91. The quantitative estimate of drug-likeness (QED) is 0.643. The van der Waals surface area contributed by atoms with Crippen molar-refractivity contribution in [3.8, 4) is 0 Å². The standard InChI is InChI=1S/C20H19As/c21-20-13-7-12-18(14-16-8-3-1-4-9-16)19(20)15-17-10-5-2-6-11-17/h1-13H,14-15,21H2. The fourth-order valence-electron chi connectivity index (χ4n) is 2.65. The zero-order valence-electron chi connectivity index (χ0n) is 12.0. The van der Waals surface area contributed by atoms with Gasteiger partial charge in [-0.25, -0.2) is 0 Å². The summed E-state index contributed by atoms with van der Waals surface area (Å²) < 4.78 is 1.44. The molecule has 0 saturated heterocycles. The Labute approximate surface area is 135 Å². The molecular weight excluding hydrogens is 315 g/mol. The zero-order chi connectivity index (χ0) is 14.5. The molecule has 3 aromatic rings. The van der Waals surface area contributed by atoms with Gasteiger partial charge in [-0.15, -0.1) is 0 Å². The normalized spacial score (nSPS) is 10.5. The third-order valence-electron chi connectivity index (χ3n) is 3.77. The van der Waals surface area contributed by atoms with Crippen LogP contribution in [0.3, 0.4) is 0 Å². The molecule has 0 aliphatic rings. The molecule has 0 spiro atoms. The summed E-state index contributed by atoms with van der Waals surface area (Å²) in [6.07, 6.45) is 2.04. The Hall–Kier alpha value is -1.78. The van der Waals surface area contributed by atoms with E-state index in [-0.39, 0.29) is 0 Å². The predicted octanol–water partition coefficient (Wildman–Crippen LogP) is 3.13. The Morgan fingerprint density at radius 1 is 0.571 bits per heavy atom. The van der Waals surface area contributed by atoms with E-state index < -0.39 is 0 Å². The minimum absolute atomic E-state index is 1.01. The fourth-order valence-corrected chi connectivity index (χ4v) is 3.49. The van der Waals surface area contributed by atoms with E-state index >= 15 is 0 Å². The van der Waals surface area contributed by atoms with Gasteiger partial charge in [-0.2, -0.15) is 0 Å². The number of hydrogen-bond acceptors (Lipinski definition) is 0. The number of benzene rings is 3. The fraction of sp³-hybridized carbons (Fsp3) is 0.100. The van der Waals surface area contributed by atoms with Crippen molar-refractivity contribution < 1.29 is 0 Å². The Morgan fingerprint density at radius 2 is 1.14 bits per heavy atom. The molecule has 0 aromatic heterocycles. The average Bonchev–Trinajstić information content (AvgIpc) is 2.53. The van der Waals surface area contributed by atoms with Crippen molar-refractivity contribution in [3.63, 3.8) is 0 Å². The molecule has 0 bridgehead atoms. The van der Waals surface area contributed by atoms with Crippen molar-refractivity contribution in [3.05, 3.63) is 101 Å². The van der Waals surface area contributed by atoms with Gasteiger partial charge in [-0.3, -0.25) is 0 Å². The molecule has 21 heavy (non-hydrogen) atoms. The van der Waals surface area contributed by atoms with Gasteiger partial charge in [0.15, 0.2) is 0 Å². The van der Waals surface area contributed by atoms with E-state index in [1.807, 2.05) is 0 Å². The molecule has 0 saturated carbocycles. The summed E-state index contributed by atoms with van der Waals surface area (Å²) in [5, 5.41) is 0. The van der Waals surface area contributed by atoms with Crippen molar-refractivity contribution >= 4 is 21.2 Å². The summed E-state index contributed by atoms with van der Waals surface area (Å²) in [6, 6.07) is 28.2. The second-order valence-electron chi connectivity index (χ2n) is 5.31. The van der Waals surface area contributed by atoms with Crippen molar-refractivity contribution in [2.24, 2.45) is 0 Å². The van der Waals surface area contributed by atoms with E-state index in [2.05, 4.69) is 78.9 Å². The van der Waals surface area contributed by atoms with E-state index in [1.165, 1.54) is 26.6 Å². The second-order valence-corrected chi connectivity index (χ2v) is 6.61. The van der Waals surface area contributed by atoms with Gasteiger partial charge in [-0.1, -0.05) is 0 Å². The predicted molar refractivity (Wildman–Crippen MR) is 93.1 cm³/mol. The average molecular weight is 334 g/mol. The number of hydrogen-bond donors (Lipinski definition) is 0. The topological polar surface area (TPSA) is 0 Å². The molecule has 1 atom stereocenters. The summed E-state index contributed by atoms with van der Waals surface area (Å²) in [4.78, 5) is 0. The molecule has 3 rings (SSSR count). The molecular formula is C20H19As. The minimum atomic E-state index is 1.01. The monoisotopic (exact) mass is 334 g/mol. The van der Waals surface area contributed by atoms with Crippen LogP contribution in [0.5, 0.6) is 0 Å². The summed E-state index contributed by atoms with van der Waals surface area (Å²) >= 11 is 1.71. The summed E-state index contributed by atoms with van der Waals surface area (Å²) in [6.45, 7) is 0. The Bertz CT molecular complexity index is 702. The van der Waals surface area contributed by atoms with Gasteiger partial charge in [-0.05, 0) is 0 Å². The van der Waals surface area contributed by atoms with Gasteiger partial charge >= 0.3 is 135 Å². The van der Waals surface area contributed by atoms with Crippen LogP contribution in [0.1, 0.15) is 22.3 Å². The van der Waals surface area contributed by atoms with Crippen molar-refractivity contribution in [1.82, 2.24) is 0 Å². The first kappa shape index (κ1) is 14.2. The Kier molecular flexibility index (Phi) is 4.58. The van der Waals surface area contributed by atoms with E-state index in [4.69, 9.17) is 0 Å². The van der Waals surface area contributed by atoms with Gasteiger partial charge in [0.2, 0.25) is 0 Å². The van der Waals surface area contributed by atoms with Gasteiger partial charge < -0.3 is 0 Å². The molecule has 1 heteroatoms. The third kappa shape index (κ3) is 3.65. The zero-order valence-corrected chi connectivity index (χ0v) is 14.4. The molecule has 104 valence electrons. The summed E-state index contributed by atoms with van der Waals surface area (Å²) in [5.74, 6) is 0. The molecule has 3 aromatic carbocycles. The van der Waals surface area contributed by atoms with Crippen LogP contribution in [0.25, 0.3) is 0 Å². The summed E-state index contributed by atoms with van der Waals surface area (Å²) in [7, 11) is 0. The van der Waals surface area contributed by atoms with Crippen LogP contribution in [0.4, 0.5) is 0 Å². The first-order valence-electron chi connectivity index (χ1n) is 7.27. The molecule has 0 fully saturated rings. The van der Waals surface area contributed by atoms with Crippen LogP contribution < -0.4 is 4.35 Å².